The van der Waals surface area contributed by atoms with Gasteiger partial charge in [-0.3, -0.25) is 4.79 Å². The molecule has 1 amide bonds. The number of ether oxygens (including phenoxy) is 1. The number of rotatable bonds is 7. The predicted octanol–water partition coefficient (Wildman–Crippen LogP) is 4.51. The quantitative estimate of drug-likeness (QED) is 0.719. The summed E-state index contributed by atoms with van der Waals surface area (Å²) in [6.45, 7) is 7.24. The third-order valence-corrected chi connectivity index (χ3v) is 5.39. The number of carbonyl (C=O) groups is 1. The van der Waals surface area contributed by atoms with Crippen molar-refractivity contribution in [3.63, 3.8) is 0 Å². The molecule has 1 aliphatic heterocycles. The summed E-state index contributed by atoms with van der Waals surface area (Å²) in [6.07, 6.45) is 2.30. The van der Waals surface area contributed by atoms with Crippen LogP contribution in [0.3, 0.4) is 0 Å². The Morgan fingerprint density at radius 2 is 1.93 bits per heavy atom. The fourth-order valence-corrected chi connectivity index (χ4v) is 3.70. The van der Waals surface area contributed by atoms with E-state index in [4.69, 9.17) is 4.74 Å². The molecule has 2 aromatic carbocycles. The monoisotopic (exact) mass is 399 g/mol. The number of nitrogens with one attached hydrogen (secondary N) is 2. The molecule has 0 bridgehead atoms. The van der Waals surface area contributed by atoms with E-state index in [1.54, 1.807) is 31.3 Å². The summed E-state index contributed by atoms with van der Waals surface area (Å²) in [4.78, 5) is 15.3. The van der Waals surface area contributed by atoms with Crippen LogP contribution in [0.15, 0.2) is 42.5 Å². The molecule has 0 aromatic heterocycles. The van der Waals surface area contributed by atoms with E-state index in [0.29, 0.717) is 35.6 Å². The Kier molecular flexibility index (Phi) is 7.09. The molecule has 0 radical (unpaired) electrons. The number of hydrogen-bond donors (Lipinski definition) is 2. The topological polar surface area (TPSA) is 53.6 Å². The van der Waals surface area contributed by atoms with Gasteiger partial charge in [-0.1, -0.05) is 0 Å². The van der Waals surface area contributed by atoms with Crippen molar-refractivity contribution in [2.24, 2.45) is 5.92 Å². The van der Waals surface area contributed by atoms with Crippen molar-refractivity contribution in [3.05, 3.63) is 53.8 Å². The normalized spacial score (nSPS) is 17.2. The molecule has 1 fully saturated rings. The largest absolute Gasteiger partial charge is 0.457 e. The van der Waals surface area contributed by atoms with Crippen molar-refractivity contribution in [3.8, 4) is 11.5 Å². The molecular weight excluding hydrogens is 369 g/mol. The summed E-state index contributed by atoms with van der Waals surface area (Å²) < 4.78 is 18.9. The highest BCUT2D eigenvalue weighted by Crippen LogP contribution is 2.27. The fraction of sp³-hybridized carbons (Fsp3) is 0.435. The van der Waals surface area contributed by atoms with Crippen LogP contribution in [0.25, 0.3) is 0 Å². The van der Waals surface area contributed by atoms with Gasteiger partial charge in [-0.2, -0.15) is 0 Å². The van der Waals surface area contributed by atoms with Gasteiger partial charge in [-0.05, 0) is 81.6 Å². The van der Waals surface area contributed by atoms with E-state index in [-0.39, 0.29) is 11.7 Å². The number of halogens is 1. The first kappa shape index (κ1) is 21.1. The summed E-state index contributed by atoms with van der Waals surface area (Å²) in [6, 6.07) is 11.7. The lowest BCUT2D eigenvalue weighted by Crippen LogP contribution is -2.43. The minimum absolute atomic E-state index is 0.124. The van der Waals surface area contributed by atoms with E-state index < -0.39 is 0 Å². The van der Waals surface area contributed by atoms with Crippen molar-refractivity contribution < 1.29 is 13.9 Å². The Morgan fingerprint density at radius 3 is 2.62 bits per heavy atom. The second kappa shape index (κ2) is 9.74. The van der Waals surface area contributed by atoms with Gasteiger partial charge in [0.25, 0.3) is 5.91 Å². The van der Waals surface area contributed by atoms with Crippen LogP contribution in [-0.4, -0.2) is 43.5 Å². The predicted molar refractivity (Wildman–Crippen MR) is 114 cm³/mol. The molecule has 5 nitrogen and oxygen atoms in total. The zero-order chi connectivity index (χ0) is 20.8. The second-order valence-corrected chi connectivity index (χ2v) is 7.82. The summed E-state index contributed by atoms with van der Waals surface area (Å²) in [5.41, 5.74) is 1.27. The van der Waals surface area contributed by atoms with Crippen molar-refractivity contribution in [1.29, 1.82) is 0 Å². The SMILES string of the molecule is CNc1ccc(Oc2ccc(F)cc2)cc1C(=O)NCC1CCCN(C(C)C)C1. The summed E-state index contributed by atoms with van der Waals surface area (Å²) in [5.74, 6) is 1.07. The number of likely N-dealkylation sites (tertiary alicyclic amines) is 1. The molecule has 1 heterocycles. The lowest BCUT2D eigenvalue weighted by atomic mass is 9.97. The Morgan fingerprint density at radius 1 is 1.21 bits per heavy atom. The number of carbonyl (C=O) groups excluding carboxylic acids is 1. The fourth-order valence-electron chi connectivity index (χ4n) is 3.70. The molecule has 156 valence electrons. The zero-order valence-electron chi connectivity index (χ0n) is 17.4. The molecule has 3 rings (SSSR count). The molecule has 0 saturated carbocycles. The molecule has 29 heavy (non-hydrogen) atoms. The summed E-state index contributed by atoms with van der Waals surface area (Å²) in [5, 5.41) is 6.15. The van der Waals surface area contributed by atoms with Crippen LogP contribution in [0.4, 0.5) is 10.1 Å². The minimum atomic E-state index is -0.318. The average Bonchev–Trinajstić information content (AvgIpc) is 2.73. The highest BCUT2D eigenvalue weighted by molar-refractivity contribution is 6.00. The maximum absolute atomic E-state index is 13.1. The van der Waals surface area contributed by atoms with Crippen LogP contribution in [0.1, 0.15) is 37.0 Å². The molecule has 1 atom stereocenters. The van der Waals surface area contributed by atoms with Gasteiger partial charge in [0.2, 0.25) is 0 Å². The first-order valence-electron chi connectivity index (χ1n) is 10.2. The number of hydrogen-bond acceptors (Lipinski definition) is 4. The van der Waals surface area contributed by atoms with Crippen LogP contribution in [0, 0.1) is 11.7 Å². The standard InChI is InChI=1S/C23H30FN3O2/c1-16(2)27-12-4-5-17(15-27)14-26-23(28)21-13-20(10-11-22(21)25-3)29-19-8-6-18(24)7-9-19/h6-11,13,16-17,25H,4-5,12,14-15H2,1-3H3,(H,26,28). The molecule has 6 heteroatoms. The number of nitrogens with zero attached hydrogens (tertiary/aromatic N) is 1. The highest BCUT2D eigenvalue weighted by atomic mass is 19.1. The van der Waals surface area contributed by atoms with Gasteiger partial charge < -0.3 is 20.3 Å². The molecule has 2 aromatic rings. The zero-order valence-corrected chi connectivity index (χ0v) is 17.4. The van der Waals surface area contributed by atoms with Gasteiger partial charge in [0.05, 0.1) is 5.56 Å². The second-order valence-electron chi connectivity index (χ2n) is 7.82. The van der Waals surface area contributed by atoms with Gasteiger partial charge in [-0.25, -0.2) is 4.39 Å². The van der Waals surface area contributed by atoms with Crippen molar-refractivity contribution in [1.82, 2.24) is 10.2 Å². The average molecular weight is 400 g/mol. The molecular formula is C23H30FN3O2. The number of piperidine rings is 1. The number of amides is 1. The summed E-state index contributed by atoms with van der Waals surface area (Å²) in [7, 11) is 1.79. The van der Waals surface area contributed by atoms with E-state index in [1.165, 1.54) is 18.6 Å². The highest BCUT2D eigenvalue weighted by Gasteiger charge is 2.22. The first-order chi connectivity index (χ1) is 14.0. The third-order valence-electron chi connectivity index (χ3n) is 5.39. The number of benzene rings is 2. The van der Waals surface area contributed by atoms with Gasteiger partial charge in [0.15, 0.2) is 0 Å². The molecule has 1 saturated heterocycles. The van der Waals surface area contributed by atoms with Crippen LogP contribution in [0.2, 0.25) is 0 Å². The van der Waals surface area contributed by atoms with Crippen LogP contribution < -0.4 is 15.4 Å². The smallest absolute Gasteiger partial charge is 0.253 e. The Balaban J connectivity index is 1.66. The number of anilines is 1. The first-order valence-corrected chi connectivity index (χ1v) is 10.2. The Labute approximate surface area is 172 Å². The van der Waals surface area contributed by atoms with Crippen molar-refractivity contribution in [2.45, 2.75) is 32.7 Å². The van der Waals surface area contributed by atoms with E-state index in [2.05, 4.69) is 29.4 Å². The molecule has 1 aliphatic rings. The van der Waals surface area contributed by atoms with Crippen LogP contribution in [-0.2, 0) is 0 Å². The van der Waals surface area contributed by atoms with E-state index in [9.17, 15) is 9.18 Å². The lowest BCUT2D eigenvalue weighted by Gasteiger charge is -2.35. The van der Waals surface area contributed by atoms with Gasteiger partial charge in [-0.15, -0.1) is 0 Å². The third kappa shape index (κ3) is 5.70. The van der Waals surface area contributed by atoms with Gasteiger partial charge in [0, 0.05) is 31.9 Å². The van der Waals surface area contributed by atoms with Crippen LogP contribution >= 0.6 is 0 Å². The maximum atomic E-state index is 13.1. The molecule has 2 N–H and O–H groups in total. The molecule has 0 aliphatic carbocycles. The van der Waals surface area contributed by atoms with Gasteiger partial charge >= 0.3 is 0 Å². The van der Waals surface area contributed by atoms with Crippen LogP contribution in [0.5, 0.6) is 11.5 Å². The Hall–Kier alpha value is -2.60. The van der Waals surface area contributed by atoms with E-state index in [1.807, 2.05) is 6.07 Å². The lowest BCUT2D eigenvalue weighted by molar-refractivity contribution is 0.0923. The van der Waals surface area contributed by atoms with E-state index in [0.717, 1.165) is 25.2 Å². The van der Waals surface area contributed by atoms with Gasteiger partial charge in [0.1, 0.15) is 17.3 Å². The van der Waals surface area contributed by atoms with E-state index >= 15 is 0 Å². The minimum Gasteiger partial charge on any atom is -0.457 e. The van der Waals surface area contributed by atoms with Crippen molar-refractivity contribution >= 4 is 11.6 Å². The molecule has 0 spiro atoms. The Bertz CT molecular complexity index is 823. The van der Waals surface area contributed by atoms with Crippen molar-refractivity contribution in [2.75, 3.05) is 32.0 Å². The summed E-state index contributed by atoms with van der Waals surface area (Å²) >= 11 is 0. The maximum Gasteiger partial charge on any atom is 0.253 e. The molecule has 1 unspecified atom stereocenters.